The number of halogens is 3. The van der Waals surface area contributed by atoms with Crippen LogP contribution < -0.4 is 5.32 Å². The lowest BCUT2D eigenvalue weighted by molar-refractivity contribution is 0.677. The van der Waals surface area contributed by atoms with Crippen molar-refractivity contribution in [3.05, 3.63) is 61.6 Å². The van der Waals surface area contributed by atoms with Crippen LogP contribution in [0.15, 0.2) is 42.5 Å². The van der Waals surface area contributed by atoms with Crippen LogP contribution in [0.25, 0.3) is 0 Å². The van der Waals surface area contributed by atoms with Gasteiger partial charge in [0.05, 0.1) is 6.04 Å². The molecule has 0 aliphatic rings. The molecule has 0 aromatic heterocycles. The summed E-state index contributed by atoms with van der Waals surface area (Å²) in [4.78, 5) is 0. The first-order valence-electron chi connectivity index (χ1n) is 6.57. The van der Waals surface area contributed by atoms with E-state index in [9.17, 15) is 0 Å². The van der Waals surface area contributed by atoms with E-state index in [1.54, 1.807) is 0 Å². The van der Waals surface area contributed by atoms with E-state index in [2.05, 4.69) is 47.0 Å². The Morgan fingerprint density at radius 2 is 1.70 bits per heavy atom. The lowest BCUT2D eigenvalue weighted by atomic mass is 10.0. The average Bonchev–Trinajstić information content (AvgIpc) is 2.42. The standard InChI is InChI=1S/C16H16Cl2IN/c1-2-3-15(11-4-6-12(17)7-5-11)20-16-9-8-13(18)10-14(16)19/h4-10,15,20H,2-3H2,1H3. The van der Waals surface area contributed by atoms with Crippen LogP contribution in [-0.4, -0.2) is 0 Å². The minimum atomic E-state index is 0.284. The van der Waals surface area contributed by atoms with E-state index in [-0.39, 0.29) is 6.04 Å². The van der Waals surface area contributed by atoms with Crippen LogP contribution in [0.2, 0.25) is 10.0 Å². The number of hydrogen-bond acceptors (Lipinski definition) is 1. The van der Waals surface area contributed by atoms with Gasteiger partial charge in [0, 0.05) is 19.3 Å². The molecule has 0 spiro atoms. The van der Waals surface area contributed by atoms with Crippen molar-refractivity contribution >= 4 is 51.5 Å². The average molecular weight is 420 g/mol. The van der Waals surface area contributed by atoms with Gasteiger partial charge in [-0.05, 0) is 64.9 Å². The molecule has 4 heteroatoms. The highest BCUT2D eigenvalue weighted by molar-refractivity contribution is 14.1. The molecule has 0 saturated heterocycles. The van der Waals surface area contributed by atoms with Crippen LogP contribution in [-0.2, 0) is 0 Å². The molecule has 2 aromatic carbocycles. The van der Waals surface area contributed by atoms with Crippen molar-refractivity contribution in [3.63, 3.8) is 0 Å². The Morgan fingerprint density at radius 1 is 1.05 bits per heavy atom. The maximum atomic E-state index is 6.00. The van der Waals surface area contributed by atoms with Crippen LogP contribution in [0.4, 0.5) is 5.69 Å². The Hall–Kier alpha value is -0.450. The third-order valence-corrected chi connectivity index (χ3v) is 4.49. The van der Waals surface area contributed by atoms with Crippen LogP contribution in [0, 0.1) is 3.57 Å². The summed E-state index contributed by atoms with van der Waals surface area (Å²) in [6.45, 7) is 2.19. The quantitative estimate of drug-likeness (QED) is 0.541. The van der Waals surface area contributed by atoms with Gasteiger partial charge < -0.3 is 5.32 Å². The predicted molar refractivity (Wildman–Crippen MR) is 96.9 cm³/mol. The van der Waals surface area contributed by atoms with E-state index in [1.807, 2.05) is 30.3 Å². The lowest BCUT2D eigenvalue weighted by Crippen LogP contribution is -2.11. The normalized spacial score (nSPS) is 12.2. The number of anilines is 1. The molecule has 0 aliphatic carbocycles. The first-order chi connectivity index (χ1) is 9.60. The van der Waals surface area contributed by atoms with Crippen molar-refractivity contribution in [1.29, 1.82) is 0 Å². The Kier molecular flexibility index (Phi) is 6.00. The maximum Gasteiger partial charge on any atom is 0.0514 e. The van der Waals surface area contributed by atoms with Gasteiger partial charge in [-0.3, -0.25) is 0 Å². The Balaban J connectivity index is 2.22. The molecule has 20 heavy (non-hydrogen) atoms. The first-order valence-corrected chi connectivity index (χ1v) is 8.40. The molecule has 0 aliphatic heterocycles. The van der Waals surface area contributed by atoms with Gasteiger partial charge in [0.15, 0.2) is 0 Å². The minimum Gasteiger partial charge on any atom is -0.377 e. The van der Waals surface area contributed by atoms with E-state index in [1.165, 1.54) is 5.56 Å². The predicted octanol–water partition coefficient (Wildman–Crippen LogP) is 6.55. The van der Waals surface area contributed by atoms with Gasteiger partial charge in [0.25, 0.3) is 0 Å². The Morgan fingerprint density at radius 3 is 2.30 bits per heavy atom. The van der Waals surface area contributed by atoms with Crippen molar-refractivity contribution < 1.29 is 0 Å². The van der Waals surface area contributed by atoms with Crippen molar-refractivity contribution in [1.82, 2.24) is 0 Å². The van der Waals surface area contributed by atoms with Gasteiger partial charge in [-0.25, -0.2) is 0 Å². The molecule has 0 radical (unpaired) electrons. The first kappa shape index (κ1) is 15.9. The van der Waals surface area contributed by atoms with Crippen molar-refractivity contribution in [2.45, 2.75) is 25.8 Å². The molecular formula is C16H16Cl2IN. The Bertz CT molecular complexity index is 569. The van der Waals surface area contributed by atoms with Crippen molar-refractivity contribution in [2.24, 2.45) is 0 Å². The topological polar surface area (TPSA) is 12.0 Å². The van der Waals surface area contributed by atoms with E-state index in [0.29, 0.717) is 0 Å². The van der Waals surface area contributed by atoms with Gasteiger partial charge in [0.1, 0.15) is 0 Å². The summed E-state index contributed by atoms with van der Waals surface area (Å²) in [6, 6.07) is 14.2. The highest BCUT2D eigenvalue weighted by atomic mass is 127. The number of rotatable bonds is 5. The van der Waals surface area contributed by atoms with E-state index >= 15 is 0 Å². The van der Waals surface area contributed by atoms with Crippen LogP contribution >= 0.6 is 45.8 Å². The van der Waals surface area contributed by atoms with Crippen LogP contribution in [0.1, 0.15) is 31.4 Å². The molecular weight excluding hydrogens is 404 g/mol. The zero-order chi connectivity index (χ0) is 14.5. The molecule has 106 valence electrons. The molecule has 0 saturated carbocycles. The second kappa shape index (κ2) is 7.53. The van der Waals surface area contributed by atoms with E-state index < -0.39 is 0 Å². The summed E-state index contributed by atoms with van der Waals surface area (Å²) in [6.07, 6.45) is 2.19. The molecule has 1 atom stereocenters. The lowest BCUT2D eigenvalue weighted by Gasteiger charge is -2.21. The highest BCUT2D eigenvalue weighted by Crippen LogP contribution is 2.29. The molecule has 1 nitrogen and oxygen atoms in total. The second-order valence-corrected chi connectivity index (χ2v) is 6.70. The fraction of sp³-hybridized carbons (Fsp3) is 0.250. The van der Waals surface area contributed by atoms with E-state index in [0.717, 1.165) is 32.1 Å². The van der Waals surface area contributed by atoms with Gasteiger partial charge in [-0.1, -0.05) is 48.7 Å². The van der Waals surface area contributed by atoms with Gasteiger partial charge in [0.2, 0.25) is 0 Å². The largest absolute Gasteiger partial charge is 0.377 e. The molecule has 1 unspecified atom stereocenters. The van der Waals surface area contributed by atoms with Crippen molar-refractivity contribution in [2.75, 3.05) is 5.32 Å². The number of nitrogens with one attached hydrogen (secondary N) is 1. The second-order valence-electron chi connectivity index (χ2n) is 4.66. The monoisotopic (exact) mass is 419 g/mol. The summed E-state index contributed by atoms with van der Waals surface area (Å²) in [5, 5.41) is 5.13. The molecule has 0 heterocycles. The molecule has 1 N–H and O–H groups in total. The molecule has 2 rings (SSSR count). The summed E-state index contributed by atoms with van der Waals surface area (Å²) in [7, 11) is 0. The third-order valence-electron chi connectivity index (χ3n) is 3.11. The van der Waals surface area contributed by atoms with Gasteiger partial charge in [-0.2, -0.15) is 0 Å². The SMILES string of the molecule is CCCC(Nc1ccc(Cl)cc1I)c1ccc(Cl)cc1. The highest BCUT2D eigenvalue weighted by Gasteiger charge is 2.12. The minimum absolute atomic E-state index is 0.284. The van der Waals surface area contributed by atoms with Gasteiger partial charge >= 0.3 is 0 Å². The van der Waals surface area contributed by atoms with Crippen LogP contribution in [0.5, 0.6) is 0 Å². The molecule has 0 bridgehead atoms. The zero-order valence-corrected chi connectivity index (χ0v) is 14.8. The fourth-order valence-electron chi connectivity index (χ4n) is 2.10. The number of hydrogen-bond donors (Lipinski definition) is 1. The Labute approximate surface area is 143 Å². The van der Waals surface area contributed by atoms with Crippen molar-refractivity contribution in [3.8, 4) is 0 Å². The third kappa shape index (κ3) is 4.27. The summed E-state index contributed by atoms with van der Waals surface area (Å²) in [5.74, 6) is 0. The summed E-state index contributed by atoms with van der Waals surface area (Å²) >= 11 is 14.3. The van der Waals surface area contributed by atoms with Gasteiger partial charge in [-0.15, -0.1) is 0 Å². The van der Waals surface area contributed by atoms with Crippen LogP contribution in [0.3, 0.4) is 0 Å². The molecule has 0 amide bonds. The smallest absolute Gasteiger partial charge is 0.0514 e. The fourth-order valence-corrected chi connectivity index (χ4v) is 3.25. The molecule has 0 fully saturated rings. The maximum absolute atomic E-state index is 6.00. The summed E-state index contributed by atoms with van der Waals surface area (Å²) < 4.78 is 1.13. The zero-order valence-electron chi connectivity index (χ0n) is 11.2. The molecule has 2 aromatic rings. The van der Waals surface area contributed by atoms with E-state index in [4.69, 9.17) is 23.2 Å². The summed E-state index contributed by atoms with van der Waals surface area (Å²) in [5.41, 5.74) is 2.37. The number of benzene rings is 2.